The van der Waals surface area contributed by atoms with Crippen LogP contribution in [-0.2, 0) is 32.7 Å². The maximum atomic E-state index is 13.6. The Bertz CT molecular complexity index is 1840. The summed E-state index contributed by atoms with van der Waals surface area (Å²) in [7, 11) is 1.97. The van der Waals surface area contributed by atoms with Crippen LogP contribution in [0.5, 0.6) is 5.75 Å². The summed E-state index contributed by atoms with van der Waals surface area (Å²) >= 11 is 0. The Morgan fingerprint density at radius 3 is 2.43 bits per heavy atom. The lowest BCUT2D eigenvalue weighted by molar-refractivity contribution is -0.135. The normalized spacial score (nSPS) is 18.4. The lowest BCUT2D eigenvalue weighted by Gasteiger charge is -2.29. The van der Waals surface area contributed by atoms with Gasteiger partial charge in [0.25, 0.3) is 5.91 Å². The van der Waals surface area contributed by atoms with E-state index in [4.69, 9.17) is 9.47 Å². The molecule has 3 heterocycles. The predicted molar refractivity (Wildman–Crippen MR) is 186 cm³/mol. The molecule has 2 N–H and O–H groups in total. The van der Waals surface area contributed by atoms with E-state index in [9.17, 15) is 22.8 Å². The number of amides is 4. The number of rotatable bonds is 8. The van der Waals surface area contributed by atoms with Crippen LogP contribution in [0.2, 0.25) is 0 Å². The van der Waals surface area contributed by atoms with Crippen LogP contribution in [0.4, 0.5) is 4.79 Å². The van der Waals surface area contributed by atoms with Crippen molar-refractivity contribution in [2.75, 3.05) is 61.1 Å². The number of fused-ring (bicyclic) bond motifs is 5. The zero-order valence-electron chi connectivity index (χ0n) is 28.7. The molecule has 1 aromatic heterocycles. The number of nitrogens with zero attached hydrogens (tertiary/aromatic N) is 4. The van der Waals surface area contributed by atoms with Gasteiger partial charge < -0.3 is 29.2 Å². The first-order valence-corrected chi connectivity index (χ1v) is 18.4. The van der Waals surface area contributed by atoms with Crippen LogP contribution >= 0.6 is 0 Å². The highest BCUT2D eigenvalue weighted by molar-refractivity contribution is 7.87. The molecule has 1 unspecified atom stereocenters. The summed E-state index contributed by atoms with van der Waals surface area (Å²) in [5, 5.41) is 4.20. The molecule has 2 fully saturated rings. The SMILES string of the molecule is COc1ccc2c(c1)CC(NC(=O)N(C)CC(=O)N1CCOCC1)Cn1c-2c(C2CCCCC2)c2ccc(C(=O)NS(=O)(=O)N(C)C)cc21. The van der Waals surface area contributed by atoms with Gasteiger partial charge in [0.2, 0.25) is 5.91 Å². The summed E-state index contributed by atoms with van der Waals surface area (Å²) in [6.07, 6.45) is 6.05. The molecule has 0 radical (unpaired) electrons. The van der Waals surface area contributed by atoms with Crippen LogP contribution in [0, 0.1) is 0 Å². The van der Waals surface area contributed by atoms with Gasteiger partial charge >= 0.3 is 16.2 Å². The minimum atomic E-state index is -4.00. The molecule has 14 heteroatoms. The molecule has 1 saturated heterocycles. The quantitative estimate of drug-likeness (QED) is 0.369. The number of nitrogens with one attached hydrogen (secondary N) is 2. The second-order valence-electron chi connectivity index (χ2n) is 13.4. The molecule has 3 aromatic rings. The fourth-order valence-electron chi connectivity index (χ4n) is 7.29. The van der Waals surface area contributed by atoms with Crippen molar-refractivity contribution in [3.05, 3.63) is 53.1 Å². The molecule has 4 amide bonds. The molecule has 1 saturated carbocycles. The molecule has 264 valence electrons. The number of carbonyl (C=O) groups is 3. The monoisotopic (exact) mass is 694 g/mol. The number of likely N-dealkylation sites (N-methyl/N-ethyl adjacent to an activating group) is 1. The average Bonchev–Trinajstić information content (AvgIpc) is 3.32. The average molecular weight is 695 g/mol. The van der Waals surface area contributed by atoms with E-state index < -0.39 is 16.1 Å². The molecular formula is C35H46N6O7S. The van der Waals surface area contributed by atoms with Crippen molar-refractivity contribution in [2.45, 2.75) is 57.0 Å². The molecule has 0 bridgehead atoms. The molecule has 2 aliphatic heterocycles. The first kappa shape index (κ1) is 34.7. The minimum absolute atomic E-state index is 0.0547. The van der Waals surface area contributed by atoms with Gasteiger partial charge in [0.1, 0.15) is 12.3 Å². The number of carbonyl (C=O) groups excluding carboxylic acids is 3. The number of methoxy groups -OCH3 is 1. The topological polar surface area (TPSA) is 143 Å². The Kier molecular flexibility index (Phi) is 10.2. The zero-order chi connectivity index (χ0) is 34.9. The van der Waals surface area contributed by atoms with Crippen molar-refractivity contribution in [2.24, 2.45) is 0 Å². The van der Waals surface area contributed by atoms with E-state index in [2.05, 4.69) is 20.7 Å². The third-order valence-electron chi connectivity index (χ3n) is 9.93. The predicted octanol–water partition coefficient (Wildman–Crippen LogP) is 3.33. The Morgan fingerprint density at radius 1 is 1.00 bits per heavy atom. The fraction of sp³-hybridized carbons (Fsp3) is 0.514. The van der Waals surface area contributed by atoms with Crippen molar-refractivity contribution in [1.82, 2.24) is 28.7 Å². The van der Waals surface area contributed by atoms with Gasteiger partial charge in [0.15, 0.2) is 0 Å². The molecule has 2 aromatic carbocycles. The van der Waals surface area contributed by atoms with E-state index in [-0.39, 0.29) is 30.1 Å². The van der Waals surface area contributed by atoms with E-state index in [1.54, 1.807) is 31.2 Å². The molecule has 6 rings (SSSR count). The number of ether oxygens (including phenoxy) is 2. The number of benzene rings is 2. The molecule has 13 nitrogen and oxygen atoms in total. The molecule has 49 heavy (non-hydrogen) atoms. The number of aromatic nitrogens is 1. The van der Waals surface area contributed by atoms with Crippen LogP contribution in [-0.4, -0.2) is 112 Å². The Hall–Kier alpha value is -4.14. The summed E-state index contributed by atoms with van der Waals surface area (Å²) in [4.78, 5) is 42.9. The van der Waals surface area contributed by atoms with Crippen LogP contribution in [0.25, 0.3) is 22.2 Å². The number of hydrogen-bond donors (Lipinski definition) is 2. The van der Waals surface area contributed by atoms with Crippen molar-refractivity contribution >= 4 is 39.0 Å². The second kappa shape index (κ2) is 14.4. The van der Waals surface area contributed by atoms with Crippen molar-refractivity contribution in [1.29, 1.82) is 0 Å². The van der Waals surface area contributed by atoms with Crippen LogP contribution < -0.4 is 14.8 Å². The van der Waals surface area contributed by atoms with Crippen LogP contribution in [0.3, 0.4) is 0 Å². The van der Waals surface area contributed by atoms with E-state index >= 15 is 0 Å². The molecular weight excluding hydrogens is 648 g/mol. The minimum Gasteiger partial charge on any atom is -0.497 e. The van der Waals surface area contributed by atoms with Gasteiger partial charge in [0.05, 0.1) is 32.1 Å². The molecule has 3 aliphatic rings. The standard InChI is InChI=1S/C35H46N6O7S/c1-38(2)49(45,46)37-34(43)24-10-12-29-30(20-24)41-21-26(36-35(44)39(3)22-31(42)40-14-16-48-17-15-40)18-25-19-27(47-4)11-13-28(25)33(41)32(29)23-8-6-5-7-9-23/h10-13,19-20,23,26H,5-9,14-18,21-22H2,1-4H3,(H,36,44)(H,37,43). The van der Waals surface area contributed by atoms with Gasteiger partial charge in [0, 0.05) is 62.8 Å². The fourth-order valence-corrected chi connectivity index (χ4v) is 7.82. The summed E-state index contributed by atoms with van der Waals surface area (Å²) < 4.78 is 41.3. The largest absolute Gasteiger partial charge is 0.497 e. The lowest BCUT2D eigenvalue weighted by Crippen LogP contribution is -2.50. The van der Waals surface area contributed by atoms with Gasteiger partial charge in [-0.15, -0.1) is 0 Å². The molecule has 1 aliphatic carbocycles. The van der Waals surface area contributed by atoms with E-state index in [0.29, 0.717) is 50.9 Å². The van der Waals surface area contributed by atoms with E-state index in [1.807, 2.05) is 18.2 Å². The summed E-state index contributed by atoms with van der Waals surface area (Å²) in [6.45, 7) is 2.32. The summed E-state index contributed by atoms with van der Waals surface area (Å²) in [5.74, 6) is 0.164. The number of hydrogen-bond acceptors (Lipinski definition) is 7. The molecule has 0 spiro atoms. The highest BCUT2D eigenvalue weighted by Crippen LogP contribution is 2.46. The second-order valence-corrected chi connectivity index (χ2v) is 15.3. The smallest absolute Gasteiger partial charge is 0.317 e. The summed E-state index contributed by atoms with van der Waals surface area (Å²) in [5.41, 5.74) is 5.33. The van der Waals surface area contributed by atoms with Crippen molar-refractivity contribution in [3.63, 3.8) is 0 Å². The number of morpholine rings is 1. The number of urea groups is 1. The Morgan fingerprint density at radius 2 is 1.73 bits per heavy atom. The summed E-state index contributed by atoms with van der Waals surface area (Å²) in [6, 6.07) is 10.7. The van der Waals surface area contributed by atoms with E-state index in [1.165, 1.54) is 31.0 Å². The Balaban J connectivity index is 1.41. The maximum absolute atomic E-state index is 13.6. The maximum Gasteiger partial charge on any atom is 0.317 e. The molecule has 1 atom stereocenters. The Labute approximate surface area is 287 Å². The zero-order valence-corrected chi connectivity index (χ0v) is 29.5. The van der Waals surface area contributed by atoms with Crippen molar-refractivity contribution < 1.29 is 32.3 Å². The third-order valence-corrected chi connectivity index (χ3v) is 11.3. The van der Waals surface area contributed by atoms with Gasteiger partial charge in [-0.2, -0.15) is 12.7 Å². The first-order valence-electron chi connectivity index (χ1n) is 16.9. The first-order chi connectivity index (χ1) is 23.5. The lowest BCUT2D eigenvalue weighted by atomic mass is 9.81. The van der Waals surface area contributed by atoms with Crippen molar-refractivity contribution in [3.8, 4) is 17.0 Å². The van der Waals surface area contributed by atoms with Gasteiger partial charge in [-0.05, 0) is 66.6 Å². The highest BCUT2D eigenvalue weighted by atomic mass is 32.2. The van der Waals surface area contributed by atoms with Gasteiger partial charge in [-0.1, -0.05) is 25.3 Å². The van der Waals surface area contributed by atoms with Gasteiger partial charge in [-0.3, -0.25) is 9.59 Å². The highest BCUT2D eigenvalue weighted by Gasteiger charge is 2.33. The third kappa shape index (κ3) is 7.26. The van der Waals surface area contributed by atoms with Gasteiger partial charge in [-0.25, -0.2) is 9.52 Å². The van der Waals surface area contributed by atoms with Crippen LogP contribution in [0.15, 0.2) is 36.4 Å². The van der Waals surface area contributed by atoms with E-state index in [0.717, 1.165) is 57.7 Å². The van der Waals surface area contributed by atoms with Crippen LogP contribution in [0.1, 0.15) is 59.5 Å².